The maximum atomic E-state index is 10.6. The number of benzene rings is 2. The molecule has 2 aromatic carbocycles. The molecule has 202 valence electrons. The molecule has 3 aromatic rings. The van der Waals surface area contributed by atoms with Gasteiger partial charge in [0.25, 0.3) is 0 Å². The maximum Gasteiger partial charge on any atom is 0.188 e. The molecule has 1 aromatic heterocycles. The summed E-state index contributed by atoms with van der Waals surface area (Å²) in [7, 11) is 0. The van der Waals surface area contributed by atoms with Crippen molar-refractivity contribution < 1.29 is 14.9 Å². The van der Waals surface area contributed by atoms with Gasteiger partial charge in [-0.2, -0.15) is 10.4 Å². The van der Waals surface area contributed by atoms with Crippen molar-refractivity contribution in [2.75, 3.05) is 19.7 Å². The molecule has 0 amide bonds. The van der Waals surface area contributed by atoms with E-state index in [1.165, 1.54) is 0 Å². The van der Waals surface area contributed by atoms with Crippen molar-refractivity contribution >= 4 is 50.5 Å². The quantitative estimate of drug-likeness (QED) is 0.221. The van der Waals surface area contributed by atoms with Gasteiger partial charge in [0.1, 0.15) is 5.75 Å². The molecular weight excluding hydrogens is 706 g/mol. The third-order valence-corrected chi connectivity index (χ3v) is 13.4. The zero-order chi connectivity index (χ0) is 27.3. The van der Waals surface area contributed by atoms with Crippen LogP contribution in [0.25, 0.3) is 16.9 Å². The van der Waals surface area contributed by atoms with Crippen LogP contribution in [0.3, 0.4) is 0 Å². The molecule has 9 heteroatoms. The van der Waals surface area contributed by atoms with Gasteiger partial charge in [-0.05, 0) is 69.1 Å². The van der Waals surface area contributed by atoms with Crippen LogP contribution in [0.1, 0.15) is 36.5 Å². The Morgan fingerprint density at radius 2 is 2.03 bits per heavy atom. The van der Waals surface area contributed by atoms with Crippen LogP contribution in [-0.2, 0) is 6.54 Å². The van der Waals surface area contributed by atoms with Crippen molar-refractivity contribution in [3.8, 4) is 28.8 Å². The lowest BCUT2D eigenvalue weighted by molar-refractivity contribution is -0.0697. The summed E-state index contributed by atoms with van der Waals surface area (Å²) < 4.78 is 16.8. The van der Waals surface area contributed by atoms with Crippen LogP contribution < -0.4 is 4.74 Å². The lowest BCUT2D eigenvalue weighted by Crippen LogP contribution is -2.47. The van der Waals surface area contributed by atoms with E-state index in [1.54, 1.807) is 13.0 Å². The highest BCUT2D eigenvalue weighted by Gasteiger charge is 2.34. The maximum absolute atomic E-state index is 10.6. The number of nitrogens with zero attached hydrogens (tertiary/aromatic N) is 4. The third-order valence-electron chi connectivity index (χ3n) is 7.08. The molecule has 4 rings (SSSR count). The normalized spacial score (nSPS) is 17.7. The number of hydrogen-bond acceptors (Lipinski definition) is 6. The molecule has 0 saturated carbocycles. The predicted octanol–water partition coefficient (Wildman–Crippen LogP) is 5.14. The van der Waals surface area contributed by atoms with E-state index in [4.69, 9.17) is 9.84 Å². The average Bonchev–Trinajstić information content (AvgIpc) is 3.42. The summed E-state index contributed by atoms with van der Waals surface area (Å²) in [6.45, 7) is 5.87. The van der Waals surface area contributed by atoms with Crippen molar-refractivity contribution in [3.63, 3.8) is 0 Å². The van der Waals surface area contributed by atoms with Crippen LogP contribution >= 0.6 is 41.5 Å². The number of nitriles is 1. The van der Waals surface area contributed by atoms with Crippen LogP contribution in [0.5, 0.6) is 5.75 Å². The molecule has 7 nitrogen and oxygen atoms in total. The summed E-state index contributed by atoms with van der Waals surface area (Å²) in [5.74, 6) is 0.878. The molecule has 0 aliphatic carbocycles. The topological polar surface area (TPSA) is 94.5 Å². The van der Waals surface area contributed by atoms with Gasteiger partial charge in [0.05, 0.1) is 35.2 Å². The number of rotatable bonds is 10. The van der Waals surface area contributed by atoms with E-state index in [0.717, 1.165) is 59.8 Å². The SMILES string of the molecule is C=IC(Oc1cc(-c2ccn(-c3ccc(C#N)cc3C)n2)ccc1CN1CCC[C@H]([C@](C)(O)CO)C1)I=C. The first-order valence-corrected chi connectivity index (χ1v) is 18.0. The number of aliphatic hydroxyl groups excluding tert-OH is 1. The summed E-state index contributed by atoms with van der Waals surface area (Å²) in [6, 6.07) is 16.0. The van der Waals surface area contributed by atoms with Crippen molar-refractivity contribution in [1.29, 1.82) is 5.26 Å². The largest absolute Gasteiger partial charge is 0.471 e. The summed E-state index contributed by atoms with van der Waals surface area (Å²) >= 11 is -0.693. The van der Waals surface area contributed by atoms with E-state index in [0.29, 0.717) is 12.1 Å². The molecule has 0 bridgehead atoms. The Kier molecular flexibility index (Phi) is 9.86. The van der Waals surface area contributed by atoms with Gasteiger partial charge in [-0.15, -0.1) is 0 Å². The Bertz CT molecular complexity index is 1340. The minimum Gasteiger partial charge on any atom is -0.471 e. The van der Waals surface area contributed by atoms with Crippen LogP contribution in [0.15, 0.2) is 48.7 Å². The second-order valence-corrected chi connectivity index (χ2v) is 16.3. The number of ether oxygens (including phenoxy) is 1. The Hall–Kier alpha value is -1.98. The molecule has 2 atom stereocenters. The number of aliphatic hydroxyl groups is 2. The van der Waals surface area contributed by atoms with Crippen molar-refractivity contribution in [3.05, 3.63) is 65.4 Å². The van der Waals surface area contributed by atoms with Gasteiger partial charge in [0.2, 0.25) is 0 Å². The van der Waals surface area contributed by atoms with Gasteiger partial charge >= 0.3 is 0 Å². The number of likely N-dealkylation sites (tertiary alicyclic amines) is 1. The van der Waals surface area contributed by atoms with E-state index in [-0.39, 0.29) is 56.1 Å². The second-order valence-electron chi connectivity index (χ2n) is 9.86. The van der Waals surface area contributed by atoms with Crippen molar-refractivity contribution in [1.82, 2.24) is 14.7 Å². The fraction of sp³-hybridized carbons (Fsp3) is 0.379. The van der Waals surface area contributed by atoms with Crippen molar-refractivity contribution in [2.24, 2.45) is 5.92 Å². The lowest BCUT2D eigenvalue weighted by atomic mass is 9.83. The van der Waals surface area contributed by atoms with Crippen molar-refractivity contribution in [2.45, 2.75) is 41.0 Å². The lowest BCUT2D eigenvalue weighted by Gasteiger charge is -2.39. The number of halogens is 2. The minimum atomic E-state index is -1.07. The van der Waals surface area contributed by atoms with Gasteiger partial charge < -0.3 is 14.9 Å². The van der Waals surface area contributed by atoms with E-state index in [1.807, 2.05) is 36.0 Å². The molecule has 0 unspecified atom stereocenters. The standard InChI is InChI=1S/C29H34I2N4O3/c1-20-14-21(16-32)7-10-26(20)35-13-11-25(33-35)22-8-9-23(27(15-22)38-28(30-3)31-4)17-34-12-5-6-24(18-34)29(2,37)19-36/h7-11,13-15,24,28,36-37H,3-6,12,17-19H2,1-2H3/t24-,29+/m0/s1. The monoisotopic (exact) mass is 740 g/mol. The number of piperidine rings is 1. The molecule has 1 saturated heterocycles. The molecule has 0 spiro atoms. The molecule has 0 radical (unpaired) electrons. The summed E-state index contributed by atoms with van der Waals surface area (Å²) in [5, 5.41) is 34.3. The predicted molar refractivity (Wildman–Crippen MR) is 171 cm³/mol. The van der Waals surface area contributed by atoms with E-state index < -0.39 is 5.60 Å². The molecular formula is C29H34I2N4O3. The van der Waals surface area contributed by atoms with E-state index in [2.05, 4.69) is 38.2 Å². The Balaban J connectivity index is 1.62. The highest BCUT2D eigenvalue weighted by atomic mass is 127. The Morgan fingerprint density at radius 1 is 1.24 bits per heavy atom. The third kappa shape index (κ3) is 6.77. The number of hydrogen-bond donors (Lipinski definition) is 2. The summed E-state index contributed by atoms with van der Waals surface area (Å²) in [5.41, 5.74) is 4.39. The molecule has 1 fully saturated rings. The Morgan fingerprint density at radius 3 is 2.71 bits per heavy atom. The fourth-order valence-corrected chi connectivity index (χ4v) is 7.55. The van der Waals surface area contributed by atoms with Crippen LogP contribution in [0.2, 0.25) is 0 Å². The molecule has 2 N–H and O–H groups in total. The van der Waals surface area contributed by atoms with Gasteiger partial charge in [0, 0.05) is 36.3 Å². The minimum absolute atomic E-state index is 0.0312. The first-order chi connectivity index (χ1) is 18.3. The highest BCUT2D eigenvalue weighted by Crippen LogP contribution is 2.34. The van der Waals surface area contributed by atoms with E-state index in [9.17, 15) is 15.5 Å². The van der Waals surface area contributed by atoms with Gasteiger partial charge in [0.15, 0.2) is 2.12 Å². The first-order valence-electron chi connectivity index (χ1n) is 12.4. The molecule has 2 heterocycles. The molecule has 38 heavy (non-hydrogen) atoms. The van der Waals surface area contributed by atoms with Gasteiger partial charge in [-0.1, -0.05) is 62.6 Å². The molecule has 1 aliphatic heterocycles. The van der Waals surface area contributed by atoms with Crippen LogP contribution in [0.4, 0.5) is 0 Å². The second kappa shape index (κ2) is 12.9. The Labute approximate surface area is 244 Å². The first kappa shape index (κ1) is 29.0. The van der Waals surface area contributed by atoms with E-state index >= 15 is 0 Å². The zero-order valence-corrected chi connectivity index (χ0v) is 26.1. The molecule has 1 aliphatic rings. The number of alkyl halides is 2. The van der Waals surface area contributed by atoms with Crippen LogP contribution in [-0.4, -0.2) is 61.3 Å². The highest BCUT2D eigenvalue weighted by molar-refractivity contribution is 14.3. The van der Waals surface area contributed by atoms with Gasteiger partial charge in [-0.3, -0.25) is 4.90 Å². The summed E-state index contributed by atoms with van der Waals surface area (Å²) in [6.07, 6.45) is 3.83. The fourth-order valence-electron chi connectivity index (χ4n) is 4.83. The van der Waals surface area contributed by atoms with Crippen LogP contribution in [0, 0.1) is 24.2 Å². The van der Waals surface area contributed by atoms with Gasteiger partial charge in [-0.25, -0.2) is 4.68 Å². The smallest absolute Gasteiger partial charge is 0.188 e. The number of aromatic nitrogens is 2. The zero-order valence-electron chi connectivity index (χ0n) is 21.8. The average molecular weight is 740 g/mol. The number of aryl methyl sites for hydroxylation is 1. The summed E-state index contributed by atoms with van der Waals surface area (Å²) in [4.78, 5) is 2.34.